The summed E-state index contributed by atoms with van der Waals surface area (Å²) in [6.45, 7) is 9.56. The van der Waals surface area contributed by atoms with Gasteiger partial charge in [0.15, 0.2) is 0 Å². The van der Waals surface area contributed by atoms with E-state index in [4.69, 9.17) is 5.11 Å². The highest BCUT2D eigenvalue weighted by Gasteiger charge is 2.27. The molecule has 0 aromatic carbocycles. The lowest BCUT2D eigenvalue weighted by atomic mass is 10.1. The molecule has 0 aliphatic rings. The van der Waals surface area contributed by atoms with Gasteiger partial charge in [-0.25, -0.2) is 0 Å². The molecule has 5 heteroatoms. The molecule has 0 heterocycles. The monoisotopic (exact) mass is 244 g/mol. The van der Waals surface area contributed by atoms with Crippen LogP contribution in [-0.2, 0) is 9.59 Å². The van der Waals surface area contributed by atoms with Crippen LogP contribution in [0.1, 0.15) is 34.6 Å². The molecule has 1 N–H and O–H groups in total. The van der Waals surface area contributed by atoms with Crippen molar-refractivity contribution in [3.63, 3.8) is 0 Å². The van der Waals surface area contributed by atoms with Gasteiger partial charge in [0.05, 0.1) is 13.1 Å². The first kappa shape index (κ1) is 15.9. The van der Waals surface area contributed by atoms with Gasteiger partial charge < -0.3 is 10.0 Å². The third-order valence-corrected chi connectivity index (χ3v) is 2.77. The smallest absolute Gasteiger partial charge is 0.317 e. The van der Waals surface area contributed by atoms with Crippen LogP contribution in [-0.4, -0.2) is 58.5 Å². The maximum Gasteiger partial charge on any atom is 0.317 e. The van der Waals surface area contributed by atoms with Gasteiger partial charge in [0.2, 0.25) is 5.91 Å². The van der Waals surface area contributed by atoms with E-state index in [0.717, 1.165) is 0 Å². The highest BCUT2D eigenvalue weighted by atomic mass is 16.4. The molecular formula is C12H24N2O3. The lowest BCUT2D eigenvalue weighted by Gasteiger charge is -2.35. The van der Waals surface area contributed by atoms with Crippen molar-refractivity contribution in [1.29, 1.82) is 0 Å². The summed E-state index contributed by atoms with van der Waals surface area (Å²) in [5.74, 6) is -0.976. The highest BCUT2D eigenvalue weighted by Crippen LogP contribution is 2.13. The molecule has 0 spiro atoms. The highest BCUT2D eigenvalue weighted by molar-refractivity contribution is 5.79. The number of rotatable bonds is 5. The Balaban J connectivity index is 4.65. The van der Waals surface area contributed by atoms with E-state index in [2.05, 4.69) is 0 Å². The SMILES string of the molecule is CC(C)N(C)C(=O)CN(CC(=O)O)C(C)(C)C. The molecule has 0 saturated heterocycles. The van der Waals surface area contributed by atoms with Crippen LogP contribution in [0.2, 0.25) is 0 Å². The number of carboxylic acids is 1. The van der Waals surface area contributed by atoms with Gasteiger partial charge in [0, 0.05) is 18.6 Å². The van der Waals surface area contributed by atoms with Crippen LogP contribution in [0.4, 0.5) is 0 Å². The van der Waals surface area contributed by atoms with Crippen LogP contribution in [0.25, 0.3) is 0 Å². The number of aliphatic carboxylic acids is 1. The van der Waals surface area contributed by atoms with Crippen molar-refractivity contribution in [2.75, 3.05) is 20.1 Å². The predicted octanol–water partition coefficient (Wildman–Crippen LogP) is 1.04. The molecule has 100 valence electrons. The second-order valence-electron chi connectivity index (χ2n) is 5.52. The molecule has 1 amide bonds. The second kappa shape index (κ2) is 6.00. The third-order valence-electron chi connectivity index (χ3n) is 2.77. The van der Waals surface area contributed by atoms with Crippen LogP contribution in [0.5, 0.6) is 0 Å². The average Bonchev–Trinajstić information content (AvgIpc) is 2.13. The largest absolute Gasteiger partial charge is 0.480 e. The molecule has 0 saturated carbocycles. The summed E-state index contributed by atoms with van der Waals surface area (Å²) in [5.41, 5.74) is -0.341. The molecule has 0 aromatic rings. The van der Waals surface area contributed by atoms with Gasteiger partial charge in [0.25, 0.3) is 0 Å². The van der Waals surface area contributed by atoms with Crippen molar-refractivity contribution in [3.05, 3.63) is 0 Å². The summed E-state index contributed by atoms with van der Waals surface area (Å²) in [6.07, 6.45) is 0. The standard InChI is InChI=1S/C12H24N2O3/c1-9(2)13(6)10(15)7-14(8-11(16)17)12(3,4)5/h9H,7-8H2,1-6H3,(H,16,17). The van der Waals surface area contributed by atoms with Gasteiger partial charge in [-0.3, -0.25) is 14.5 Å². The van der Waals surface area contributed by atoms with Gasteiger partial charge in [-0.2, -0.15) is 0 Å². The number of carbonyl (C=O) groups is 2. The number of carbonyl (C=O) groups excluding carboxylic acids is 1. The lowest BCUT2D eigenvalue weighted by Crippen LogP contribution is -2.50. The fourth-order valence-electron chi connectivity index (χ4n) is 1.26. The van der Waals surface area contributed by atoms with Crippen molar-refractivity contribution in [2.24, 2.45) is 0 Å². The van der Waals surface area contributed by atoms with Gasteiger partial charge in [-0.1, -0.05) is 0 Å². The number of nitrogens with zero attached hydrogens (tertiary/aromatic N) is 2. The Morgan fingerprint density at radius 1 is 1.18 bits per heavy atom. The topological polar surface area (TPSA) is 60.9 Å². The van der Waals surface area contributed by atoms with E-state index in [1.54, 1.807) is 16.8 Å². The molecule has 5 nitrogen and oxygen atoms in total. The molecule has 0 fully saturated rings. The summed E-state index contributed by atoms with van der Waals surface area (Å²) in [5, 5.41) is 8.84. The third kappa shape index (κ3) is 5.68. The summed E-state index contributed by atoms with van der Waals surface area (Å²) < 4.78 is 0. The van der Waals surface area contributed by atoms with E-state index in [1.165, 1.54) is 0 Å². The van der Waals surface area contributed by atoms with Gasteiger partial charge in [-0.15, -0.1) is 0 Å². The Hall–Kier alpha value is -1.10. The first-order chi connectivity index (χ1) is 7.55. The predicted molar refractivity (Wildman–Crippen MR) is 66.9 cm³/mol. The molecule has 0 aliphatic carbocycles. The van der Waals surface area contributed by atoms with E-state index in [0.29, 0.717) is 0 Å². The molecule has 0 aliphatic heterocycles. The first-order valence-electron chi connectivity index (χ1n) is 5.78. The van der Waals surface area contributed by atoms with E-state index in [9.17, 15) is 9.59 Å². The van der Waals surface area contributed by atoms with Gasteiger partial charge in [0.1, 0.15) is 0 Å². The first-order valence-corrected chi connectivity index (χ1v) is 5.78. The fraction of sp³-hybridized carbons (Fsp3) is 0.833. The summed E-state index contributed by atoms with van der Waals surface area (Å²) >= 11 is 0. The molecular weight excluding hydrogens is 220 g/mol. The molecule has 0 rings (SSSR count). The average molecular weight is 244 g/mol. The van der Waals surface area contributed by atoms with E-state index < -0.39 is 5.97 Å². The van der Waals surface area contributed by atoms with Gasteiger partial charge >= 0.3 is 5.97 Å². The minimum absolute atomic E-state index is 0.0591. The minimum atomic E-state index is -0.917. The molecule has 0 aromatic heterocycles. The normalized spacial score (nSPS) is 12.0. The zero-order valence-electron chi connectivity index (χ0n) is 11.6. The Kier molecular flexibility index (Phi) is 5.61. The maximum atomic E-state index is 11.9. The quantitative estimate of drug-likeness (QED) is 0.785. The van der Waals surface area contributed by atoms with E-state index in [1.807, 2.05) is 34.6 Å². The second-order valence-corrected chi connectivity index (χ2v) is 5.52. The fourth-order valence-corrected chi connectivity index (χ4v) is 1.26. The van der Waals surface area contributed by atoms with Gasteiger partial charge in [-0.05, 0) is 34.6 Å². The van der Waals surface area contributed by atoms with E-state index >= 15 is 0 Å². The Bertz CT molecular complexity index is 282. The number of hydrogen-bond acceptors (Lipinski definition) is 3. The molecule has 0 unspecified atom stereocenters. The van der Waals surface area contributed by atoms with Crippen molar-refractivity contribution >= 4 is 11.9 Å². The Labute approximate surface area is 103 Å². The van der Waals surface area contributed by atoms with Crippen LogP contribution in [0.3, 0.4) is 0 Å². The minimum Gasteiger partial charge on any atom is -0.480 e. The summed E-state index contributed by atoms with van der Waals surface area (Å²) in [6, 6.07) is 0.120. The number of hydrogen-bond donors (Lipinski definition) is 1. The van der Waals surface area contributed by atoms with Crippen LogP contribution in [0, 0.1) is 0 Å². The Morgan fingerprint density at radius 3 is 1.94 bits per heavy atom. The maximum absolute atomic E-state index is 11.9. The van der Waals surface area contributed by atoms with Crippen molar-refractivity contribution in [3.8, 4) is 0 Å². The number of likely N-dealkylation sites (N-methyl/N-ethyl adjacent to an activating group) is 1. The summed E-state index contributed by atoms with van der Waals surface area (Å²) in [7, 11) is 1.73. The van der Waals surface area contributed by atoms with Crippen molar-refractivity contribution in [1.82, 2.24) is 9.80 Å². The molecule has 0 radical (unpaired) electrons. The number of carboxylic acid groups (broad SMARTS) is 1. The van der Waals surface area contributed by atoms with Crippen molar-refractivity contribution in [2.45, 2.75) is 46.2 Å². The van der Waals surface area contributed by atoms with Crippen LogP contribution in [0.15, 0.2) is 0 Å². The lowest BCUT2D eigenvalue weighted by molar-refractivity contribution is -0.142. The summed E-state index contributed by atoms with van der Waals surface area (Å²) in [4.78, 5) is 26.0. The zero-order valence-corrected chi connectivity index (χ0v) is 11.6. The van der Waals surface area contributed by atoms with E-state index in [-0.39, 0.29) is 30.6 Å². The van der Waals surface area contributed by atoms with Crippen LogP contribution >= 0.6 is 0 Å². The molecule has 0 atom stereocenters. The van der Waals surface area contributed by atoms with Crippen LogP contribution < -0.4 is 0 Å². The number of amides is 1. The zero-order chi connectivity index (χ0) is 13.8. The molecule has 0 bridgehead atoms. The molecule has 17 heavy (non-hydrogen) atoms. The Morgan fingerprint density at radius 2 is 1.65 bits per heavy atom. The van der Waals surface area contributed by atoms with Crippen molar-refractivity contribution < 1.29 is 14.7 Å².